The van der Waals surface area contributed by atoms with E-state index in [1.54, 1.807) is 12.1 Å². The molecule has 7 heteroatoms. The van der Waals surface area contributed by atoms with E-state index in [-0.39, 0.29) is 18.3 Å². The molecular weight excluding hydrogens is 326 g/mol. The van der Waals surface area contributed by atoms with E-state index in [1.807, 2.05) is 0 Å². The first-order valence-corrected chi connectivity index (χ1v) is 8.15. The number of benzene rings is 1. The highest BCUT2D eigenvalue weighted by Gasteiger charge is 2.28. The number of nitrogens with zero attached hydrogens (tertiary/aromatic N) is 1. The van der Waals surface area contributed by atoms with Crippen molar-refractivity contribution >= 4 is 0 Å². The first kappa shape index (κ1) is 19.1. The molecule has 0 radical (unpaired) electrons. The Hall–Kier alpha value is -1.18. The Labute approximate surface area is 139 Å². The van der Waals surface area contributed by atoms with Gasteiger partial charge in [-0.3, -0.25) is 0 Å². The Balaban J connectivity index is 1.65. The fourth-order valence-corrected chi connectivity index (χ4v) is 3.00. The molecule has 3 nitrogen and oxygen atoms in total. The molecule has 2 rings (SSSR count). The summed E-state index contributed by atoms with van der Waals surface area (Å²) in [5.41, 5.74) is 0.718. The SMILES string of the molecule is OC(c1ccc(F)cc1)C1CCN(CCCOCC(F)(F)F)CC1. The third-order valence-corrected chi connectivity index (χ3v) is 4.32. The molecule has 1 aliphatic heterocycles. The van der Waals surface area contributed by atoms with Crippen molar-refractivity contribution in [1.29, 1.82) is 0 Å². The van der Waals surface area contributed by atoms with E-state index < -0.39 is 18.9 Å². The third kappa shape index (κ3) is 6.37. The average molecular weight is 349 g/mol. The maximum Gasteiger partial charge on any atom is 0.411 e. The van der Waals surface area contributed by atoms with Gasteiger partial charge in [-0.1, -0.05) is 12.1 Å². The number of alkyl halides is 3. The molecule has 136 valence electrons. The summed E-state index contributed by atoms with van der Waals surface area (Å²) < 4.78 is 53.3. The van der Waals surface area contributed by atoms with Gasteiger partial charge in [0.1, 0.15) is 12.4 Å². The first-order chi connectivity index (χ1) is 11.3. The maximum absolute atomic E-state index is 12.9. The summed E-state index contributed by atoms with van der Waals surface area (Å²) in [6.45, 7) is 1.18. The van der Waals surface area contributed by atoms with Crippen molar-refractivity contribution in [2.45, 2.75) is 31.5 Å². The monoisotopic (exact) mass is 349 g/mol. The van der Waals surface area contributed by atoms with Gasteiger partial charge < -0.3 is 14.7 Å². The van der Waals surface area contributed by atoms with Gasteiger partial charge >= 0.3 is 6.18 Å². The first-order valence-electron chi connectivity index (χ1n) is 8.15. The minimum atomic E-state index is -4.27. The van der Waals surface area contributed by atoms with E-state index >= 15 is 0 Å². The fraction of sp³-hybridized carbons (Fsp3) is 0.647. The van der Waals surface area contributed by atoms with Crippen LogP contribution in [0.5, 0.6) is 0 Å². The highest BCUT2D eigenvalue weighted by atomic mass is 19.4. The second-order valence-electron chi connectivity index (χ2n) is 6.20. The second kappa shape index (κ2) is 8.78. The molecule has 0 aliphatic carbocycles. The van der Waals surface area contributed by atoms with Crippen LogP contribution in [0, 0.1) is 11.7 Å². The number of halogens is 4. The highest BCUT2D eigenvalue weighted by molar-refractivity contribution is 5.19. The molecule has 1 N–H and O–H groups in total. The van der Waals surface area contributed by atoms with Crippen molar-refractivity contribution in [3.05, 3.63) is 35.6 Å². The molecule has 0 saturated carbocycles. The van der Waals surface area contributed by atoms with Crippen molar-refractivity contribution in [3.63, 3.8) is 0 Å². The van der Waals surface area contributed by atoms with Crippen LogP contribution < -0.4 is 0 Å². The molecule has 1 atom stereocenters. The largest absolute Gasteiger partial charge is 0.411 e. The minimum Gasteiger partial charge on any atom is -0.388 e. The number of ether oxygens (including phenoxy) is 1. The van der Waals surface area contributed by atoms with Gasteiger partial charge in [0.2, 0.25) is 0 Å². The van der Waals surface area contributed by atoms with Gasteiger partial charge in [0.05, 0.1) is 6.10 Å². The molecule has 0 bridgehead atoms. The maximum atomic E-state index is 12.9. The van der Waals surface area contributed by atoms with Crippen LogP contribution in [0.2, 0.25) is 0 Å². The van der Waals surface area contributed by atoms with Gasteiger partial charge in [-0.05, 0) is 56.0 Å². The molecule has 1 aromatic carbocycles. The second-order valence-corrected chi connectivity index (χ2v) is 6.20. The van der Waals surface area contributed by atoms with Crippen molar-refractivity contribution in [2.24, 2.45) is 5.92 Å². The number of rotatable bonds is 7. The summed E-state index contributed by atoms with van der Waals surface area (Å²) in [5, 5.41) is 10.4. The van der Waals surface area contributed by atoms with E-state index in [4.69, 9.17) is 0 Å². The predicted molar refractivity (Wildman–Crippen MR) is 82.0 cm³/mol. The van der Waals surface area contributed by atoms with Crippen LogP contribution in [-0.4, -0.2) is 49.0 Å². The zero-order chi connectivity index (χ0) is 17.6. The molecule has 1 aliphatic rings. The molecule has 1 heterocycles. The Morgan fingerprint density at radius 2 is 1.79 bits per heavy atom. The molecule has 0 aromatic heterocycles. The van der Waals surface area contributed by atoms with Crippen LogP contribution in [0.4, 0.5) is 17.6 Å². The molecular formula is C17H23F4NO2. The Morgan fingerprint density at radius 3 is 2.38 bits per heavy atom. The summed E-state index contributed by atoms with van der Waals surface area (Å²) in [5.74, 6) is -0.207. The van der Waals surface area contributed by atoms with Gasteiger partial charge in [-0.15, -0.1) is 0 Å². The van der Waals surface area contributed by atoms with Crippen molar-refractivity contribution in [1.82, 2.24) is 4.90 Å². The van der Waals surface area contributed by atoms with E-state index in [9.17, 15) is 22.7 Å². The minimum absolute atomic E-state index is 0.0949. The van der Waals surface area contributed by atoms with Crippen molar-refractivity contribution in [3.8, 4) is 0 Å². The van der Waals surface area contributed by atoms with Crippen LogP contribution in [-0.2, 0) is 4.74 Å². The van der Waals surface area contributed by atoms with Crippen LogP contribution in [0.15, 0.2) is 24.3 Å². The Morgan fingerprint density at radius 1 is 1.17 bits per heavy atom. The van der Waals surface area contributed by atoms with E-state index in [0.29, 0.717) is 13.0 Å². The molecule has 0 amide bonds. The number of piperidine rings is 1. The summed E-state index contributed by atoms with van der Waals surface area (Å²) in [6, 6.07) is 5.89. The fourth-order valence-electron chi connectivity index (χ4n) is 3.00. The zero-order valence-corrected chi connectivity index (χ0v) is 13.4. The lowest BCUT2D eigenvalue weighted by atomic mass is 9.87. The molecule has 0 spiro atoms. The van der Waals surface area contributed by atoms with Crippen LogP contribution >= 0.6 is 0 Å². The molecule has 1 fully saturated rings. The summed E-state index contributed by atoms with van der Waals surface area (Å²) in [7, 11) is 0. The highest BCUT2D eigenvalue weighted by Crippen LogP contribution is 2.30. The van der Waals surface area contributed by atoms with Gasteiger partial charge in [-0.2, -0.15) is 13.2 Å². The van der Waals surface area contributed by atoms with Gasteiger partial charge in [0, 0.05) is 13.2 Å². The van der Waals surface area contributed by atoms with Crippen LogP contribution in [0.25, 0.3) is 0 Å². The quantitative estimate of drug-likeness (QED) is 0.604. The Bertz CT molecular complexity index is 484. The predicted octanol–water partition coefficient (Wildman–Crippen LogP) is 3.54. The van der Waals surface area contributed by atoms with Gasteiger partial charge in [0.25, 0.3) is 0 Å². The topological polar surface area (TPSA) is 32.7 Å². The average Bonchev–Trinajstić information content (AvgIpc) is 2.54. The molecule has 24 heavy (non-hydrogen) atoms. The number of hydrogen-bond donors (Lipinski definition) is 1. The third-order valence-electron chi connectivity index (χ3n) is 4.32. The summed E-state index contributed by atoms with van der Waals surface area (Å²) in [6.07, 6.45) is -2.71. The number of likely N-dealkylation sites (tertiary alicyclic amines) is 1. The van der Waals surface area contributed by atoms with E-state index in [0.717, 1.165) is 31.5 Å². The van der Waals surface area contributed by atoms with E-state index in [1.165, 1.54) is 12.1 Å². The van der Waals surface area contributed by atoms with Crippen molar-refractivity contribution < 1.29 is 27.4 Å². The number of hydrogen-bond acceptors (Lipinski definition) is 3. The lowest BCUT2D eigenvalue weighted by Gasteiger charge is -2.34. The summed E-state index contributed by atoms with van der Waals surface area (Å²) >= 11 is 0. The molecule has 1 saturated heterocycles. The zero-order valence-electron chi connectivity index (χ0n) is 13.4. The normalized spacial score (nSPS) is 18.7. The lowest BCUT2D eigenvalue weighted by molar-refractivity contribution is -0.174. The smallest absolute Gasteiger partial charge is 0.388 e. The number of aliphatic hydroxyl groups excluding tert-OH is 1. The Kier molecular flexibility index (Phi) is 7.01. The summed E-state index contributed by atoms with van der Waals surface area (Å²) in [4.78, 5) is 2.17. The lowest BCUT2D eigenvalue weighted by Crippen LogP contribution is -2.36. The standard InChI is InChI=1S/C17H23F4NO2/c18-15-4-2-13(3-5-15)16(23)14-6-9-22(10-7-14)8-1-11-24-12-17(19,20)21/h2-5,14,16,23H,1,6-12H2. The molecule has 1 aromatic rings. The molecule has 1 unspecified atom stereocenters. The van der Waals surface area contributed by atoms with Crippen molar-refractivity contribution in [2.75, 3.05) is 32.8 Å². The van der Waals surface area contributed by atoms with Crippen LogP contribution in [0.3, 0.4) is 0 Å². The number of aliphatic hydroxyl groups is 1. The van der Waals surface area contributed by atoms with Gasteiger partial charge in [0.15, 0.2) is 0 Å². The van der Waals surface area contributed by atoms with Gasteiger partial charge in [-0.25, -0.2) is 4.39 Å². The van der Waals surface area contributed by atoms with Crippen LogP contribution in [0.1, 0.15) is 30.9 Å². The van der Waals surface area contributed by atoms with E-state index in [2.05, 4.69) is 9.64 Å².